The standard InChI is InChI=1S/C42H26N2O2/c1-5-13-34-27(9-1)28-10-2-6-14-35(28)43(34)25-17-20-38-32(23-25)31-19-22-40-41(42(31)46-38)33-24-26(18-21-39(33)45-40)44-36-15-7-3-11-29(36)30-12-4-8-16-37(30)44/h1-17,19-20,22-24H,18,21H2. The number of fused-ring (bicyclic) bond motifs is 13. The minimum absolute atomic E-state index is 0.844. The van der Waals surface area contributed by atoms with Crippen molar-refractivity contribution in [2.45, 2.75) is 12.8 Å². The molecule has 216 valence electrons. The number of aryl methyl sites for hydroxylation is 1. The highest BCUT2D eigenvalue weighted by Crippen LogP contribution is 2.44. The first-order valence-corrected chi connectivity index (χ1v) is 15.9. The lowest BCUT2D eigenvalue weighted by Gasteiger charge is -2.16. The van der Waals surface area contributed by atoms with Gasteiger partial charge in [-0.3, -0.25) is 0 Å². The predicted octanol–water partition coefficient (Wildman–Crippen LogP) is 11.5. The normalized spacial score (nSPS) is 13.6. The molecule has 0 N–H and O–H groups in total. The van der Waals surface area contributed by atoms with Gasteiger partial charge in [-0.15, -0.1) is 0 Å². The SMILES string of the molecule is C1=C(n2c3ccccc3c3ccccc32)CCc2oc3ccc4c5cc(-n6c7ccccc7c7ccccc76)ccc5oc4c3c21. The van der Waals surface area contributed by atoms with Gasteiger partial charge in [0.2, 0.25) is 0 Å². The Morgan fingerprint density at radius 3 is 1.65 bits per heavy atom. The lowest BCUT2D eigenvalue weighted by molar-refractivity contribution is 0.546. The van der Waals surface area contributed by atoms with E-state index in [2.05, 4.69) is 143 Å². The minimum Gasteiger partial charge on any atom is -0.460 e. The maximum Gasteiger partial charge on any atom is 0.147 e. The number of allylic oxidation sites excluding steroid dienone is 1. The molecule has 0 radical (unpaired) electrons. The Bertz CT molecular complexity index is 2820. The molecule has 4 heteroatoms. The van der Waals surface area contributed by atoms with Crippen LogP contribution in [0.5, 0.6) is 0 Å². The summed E-state index contributed by atoms with van der Waals surface area (Å²) in [6.45, 7) is 0. The molecule has 4 nitrogen and oxygen atoms in total. The monoisotopic (exact) mass is 590 g/mol. The minimum atomic E-state index is 0.844. The number of furan rings is 2. The molecule has 1 aliphatic carbocycles. The first-order valence-electron chi connectivity index (χ1n) is 15.9. The van der Waals surface area contributed by atoms with Gasteiger partial charge in [0.25, 0.3) is 0 Å². The van der Waals surface area contributed by atoms with Gasteiger partial charge in [0.1, 0.15) is 22.5 Å². The van der Waals surface area contributed by atoms with E-state index in [1.807, 2.05) is 0 Å². The van der Waals surface area contributed by atoms with E-state index in [0.29, 0.717) is 0 Å². The van der Waals surface area contributed by atoms with Crippen molar-refractivity contribution in [1.82, 2.24) is 9.13 Å². The van der Waals surface area contributed by atoms with Crippen LogP contribution in [0.4, 0.5) is 0 Å². The fraction of sp³-hybridized carbons (Fsp3) is 0.0476. The third kappa shape index (κ3) is 3.13. The van der Waals surface area contributed by atoms with Gasteiger partial charge in [0.05, 0.1) is 27.5 Å². The quantitative estimate of drug-likeness (QED) is 0.201. The molecule has 0 bridgehead atoms. The Hall–Kier alpha value is -6.00. The fourth-order valence-corrected chi connectivity index (χ4v) is 8.04. The van der Waals surface area contributed by atoms with Crippen molar-refractivity contribution in [2.24, 2.45) is 0 Å². The zero-order chi connectivity index (χ0) is 29.9. The number of rotatable bonds is 2. The van der Waals surface area contributed by atoms with Gasteiger partial charge in [0, 0.05) is 55.7 Å². The summed E-state index contributed by atoms with van der Waals surface area (Å²) in [6.07, 6.45) is 4.08. The first kappa shape index (κ1) is 24.3. The fourth-order valence-electron chi connectivity index (χ4n) is 8.04. The molecule has 10 aromatic rings. The maximum atomic E-state index is 6.70. The van der Waals surface area contributed by atoms with Crippen LogP contribution in [0, 0.1) is 0 Å². The lowest BCUT2D eigenvalue weighted by Crippen LogP contribution is -2.03. The summed E-state index contributed by atoms with van der Waals surface area (Å²) in [7, 11) is 0. The van der Waals surface area contributed by atoms with E-state index >= 15 is 0 Å². The molecular weight excluding hydrogens is 564 g/mol. The molecule has 0 spiro atoms. The Morgan fingerprint density at radius 1 is 0.457 bits per heavy atom. The largest absolute Gasteiger partial charge is 0.460 e. The second kappa shape index (κ2) is 8.80. The summed E-state index contributed by atoms with van der Waals surface area (Å²) < 4.78 is 18.0. The van der Waals surface area contributed by atoms with Crippen molar-refractivity contribution in [3.05, 3.63) is 139 Å². The summed E-state index contributed by atoms with van der Waals surface area (Å²) in [5, 5.41) is 8.33. The highest BCUT2D eigenvalue weighted by atomic mass is 16.3. The molecule has 4 aromatic heterocycles. The second-order valence-electron chi connectivity index (χ2n) is 12.4. The van der Waals surface area contributed by atoms with E-state index < -0.39 is 0 Å². The summed E-state index contributed by atoms with van der Waals surface area (Å²) >= 11 is 0. The van der Waals surface area contributed by atoms with Gasteiger partial charge < -0.3 is 18.0 Å². The van der Waals surface area contributed by atoms with E-state index in [0.717, 1.165) is 62.8 Å². The molecule has 0 unspecified atom stereocenters. The van der Waals surface area contributed by atoms with Crippen molar-refractivity contribution in [3.63, 3.8) is 0 Å². The molecule has 4 heterocycles. The van der Waals surface area contributed by atoms with Crippen LogP contribution in [-0.2, 0) is 6.42 Å². The highest BCUT2D eigenvalue weighted by molar-refractivity contribution is 6.18. The van der Waals surface area contributed by atoms with Gasteiger partial charge in [-0.1, -0.05) is 72.8 Å². The van der Waals surface area contributed by atoms with Crippen LogP contribution in [0.2, 0.25) is 0 Å². The Morgan fingerprint density at radius 2 is 1.02 bits per heavy atom. The van der Waals surface area contributed by atoms with Crippen LogP contribution in [0.1, 0.15) is 17.7 Å². The van der Waals surface area contributed by atoms with Crippen molar-refractivity contribution in [1.29, 1.82) is 0 Å². The number of benzene rings is 6. The summed E-state index contributed by atoms with van der Waals surface area (Å²) in [4.78, 5) is 0. The Balaban J connectivity index is 1.15. The lowest BCUT2D eigenvalue weighted by atomic mass is 9.98. The Kier molecular flexibility index (Phi) is 4.66. The second-order valence-corrected chi connectivity index (χ2v) is 12.4. The van der Waals surface area contributed by atoms with E-state index in [1.54, 1.807) is 0 Å². The molecule has 0 fully saturated rings. The summed E-state index contributed by atoms with van der Waals surface area (Å²) in [5.41, 5.74) is 11.0. The molecule has 1 aliphatic rings. The molecular formula is C42H26N2O2. The number of nitrogens with zero attached hydrogens (tertiary/aromatic N) is 2. The molecule has 11 rings (SSSR count). The van der Waals surface area contributed by atoms with Gasteiger partial charge in [0.15, 0.2) is 0 Å². The smallest absolute Gasteiger partial charge is 0.147 e. The first-order chi connectivity index (χ1) is 22.8. The summed E-state index contributed by atoms with van der Waals surface area (Å²) in [5.74, 6) is 1.03. The number of hydrogen-bond acceptors (Lipinski definition) is 2. The van der Waals surface area contributed by atoms with Gasteiger partial charge >= 0.3 is 0 Å². The number of para-hydroxylation sites is 4. The molecule has 0 amide bonds. The van der Waals surface area contributed by atoms with E-state index in [4.69, 9.17) is 8.83 Å². The van der Waals surface area contributed by atoms with Crippen molar-refractivity contribution in [2.75, 3.05) is 0 Å². The number of aromatic nitrogens is 2. The predicted molar refractivity (Wildman–Crippen MR) is 190 cm³/mol. The van der Waals surface area contributed by atoms with Gasteiger partial charge in [-0.25, -0.2) is 0 Å². The van der Waals surface area contributed by atoms with E-state index in [-0.39, 0.29) is 0 Å². The highest BCUT2D eigenvalue weighted by Gasteiger charge is 2.25. The van der Waals surface area contributed by atoms with Crippen molar-refractivity contribution >= 4 is 88.3 Å². The van der Waals surface area contributed by atoms with E-state index in [9.17, 15) is 0 Å². The van der Waals surface area contributed by atoms with Crippen LogP contribution in [-0.4, -0.2) is 9.13 Å². The third-order valence-corrected chi connectivity index (χ3v) is 10.0. The molecule has 0 saturated heterocycles. The molecule has 0 saturated carbocycles. The number of hydrogen-bond donors (Lipinski definition) is 0. The van der Waals surface area contributed by atoms with Crippen LogP contribution in [0.3, 0.4) is 0 Å². The summed E-state index contributed by atoms with van der Waals surface area (Å²) in [6, 6.07) is 45.5. The molecule has 46 heavy (non-hydrogen) atoms. The van der Waals surface area contributed by atoms with Gasteiger partial charge in [-0.05, 0) is 67.1 Å². The zero-order valence-electron chi connectivity index (χ0n) is 24.8. The topological polar surface area (TPSA) is 36.1 Å². The van der Waals surface area contributed by atoms with Crippen LogP contribution in [0.15, 0.2) is 136 Å². The van der Waals surface area contributed by atoms with Crippen molar-refractivity contribution in [3.8, 4) is 5.69 Å². The van der Waals surface area contributed by atoms with Crippen LogP contribution in [0.25, 0.3) is 94.0 Å². The molecule has 6 aromatic carbocycles. The molecule has 0 aliphatic heterocycles. The Labute approximate surface area is 263 Å². The van der Waals surface area contributed by atoms with Crippen molar-refractivity contribution < 1.29 is 8.83 Å². The zero-order valence-corrected chi connectivity index (χ0v) is 24.8. The average molecular weight is 591 g/mol. The van der Waals surface area contributed by atoms with E-state index in [1.165, 1.54) is 49.3 Å². The third-order valence-electron chi connectivity index (χ3n) is 10.0. The average Bonchev–Trinajstić information content (AvgIpc) is 3.85. The van der Waals surface area contributed by atoms with Gasteiger partial charge in [-0.2, -0.15) is 0 Å². The maximum absolute atomic E-state index is 6.70. The van der Waals surface area contributed by atoms with Crippen LogP contribution < -0.4 is 0 Å². The van der Waals surface area contributed by atoms with Crippen LogP contribution >= 0.6 is 0 Å². The molecule has 0 atom stereocenters.